The van der Waals surface area contributed by atoms with Crippen molar-refractivity contribution in [3.8, 4) is 0 Å². The molecule has 1 atom stereocenters. The van der Waals surface area contributed by atoms with Gasteiger partial charge in [0.15, 0.2) is 5.38 Å². The van der Waals surface area contributed by atoms with Crippen molar-refractivity contribution in [3.63, 3.8) is 0 Å². The number of carbonyl (C=O) groups is 1. The number of alkyl halides is 4. The molecule has 0 heterocycles. The van der Waals surface area contributed by atoms with Gasteiger partial charge in [-0.15, -0.1) is 11.6 Å². The Hall–Kier alpha value is -0.530. The number of aliphatic carboxylic acids is 1. The van der Waals surface area contributed by atoms with Gasteiger partial charge in [0.2, 0.25) is 0 Å². The summed E-state index contributed by atoms with van der Waals surface area (Å²) >= 11 is 5.05. The molecule has 0 spiro atoms. The molecule has 8 heteroatoms. The molecule has 0 rings (SSSR count). The van der Waals surface area contributed by atoms with Crippen molar-refractivity contribution in [1.29, 1.82) is 0 Å². The van der Waals surface area contributed by atoms with Crippen LogP contribution in [0.5, 0.6) is 0 Å². The van der Waals surface area contributed by atoms with Crippen LogP contribution in [0.15, 0.2) is 0 Å². The fourth-order valence-corrected chi connectivity index (χ4v) is 1.13. The van der Waals surface area contributed by atoms with Crippen LogP contribution in [0.25, 0.3) is 0 Å². The number of carboxylic acid groups (broad SMARTS) is 1. The quantitative estimate of drug-likeness (QED) is 0.589. The molecule has 0 saturated carbocycles. The number of ether oxygens (including phenoxy) is 2. The number of hydrogen-bond donors (Lipinski definition) is 1. The highest BCUT2D eigenvalue weighted by Gasteiger charge is 2.63. The fraction of sp³-hybridized carbons (Fsp3) is 0.833. The van der Waals surface area contributed by atoms with E-state index in [1.807, 2.05) is 0 Å². The van der Waals surface area contributed by atoms with E-state index in [2.05, 4.69) is 9.47 Å². The monoisotopic (exact) mass is 236 g/mol. The summed E-state index contributed by atoms with van der Waals surface area (Å²) in [4.78, 5) is 10.3. The Bertz CT molecular complexity index is 214. The lowest BCUT2D eigenvalue weighted by atomic mass is 10.1. The summed E-state index contributed by atoms with van der Waals surface area (Å²) in [6.45, 7) is 0. The van der Waals surface area contributed by atoms with E-state index in [1.54, 1.807) is 0 Å². The standard InChI is InChI=1S/C6H8ClF3O4/c1-13-5(14-2,6(8,9)10)3(7)4(11)12/h3H,1-2H3,(H,11,12). The van der Waals surface area contributed by atoms with Crippen LogP contribution in [0.1, 0.15) is 0 Å². The topological polar surface area (TPSA) is 55.8 Å². The van der Waals surface area contributed by atoms with Gasteiger partial charge in [0.25, 0.3) is 5.79 Å². The Balaban J connectivity index is 5.18. The average Bonchev–Trinajstić information content (AvgIpc) is 2.04. The number of rotatable bonds is 4. The normalized spacial score (nSPS) is 15.3. The first-order valence-electron chi connectivity index (χ1n) is 3.26. The summed E-state index contributed by atoms with van der Waals surface area (Å²) < 4.78 is 45.2. The molecular formula is C6H8ClF3O4. The third-order valence-corrected chi connectivity index (χ3v) is 2.03. The van der Waals surface area contributed by atoms with Crippen LogP contribution < -0.4 is 0 Å². The number of hydrogen-bond acceptors (Lipinski definition) is 3. The van der Waals surface area contributed by atoms with E-state index in [4.69, 9.17) is 16.7 Å². The minimum Gasteiger partial charge on any atom is -0.480 e. The zero-order valence-electron chi connectivity index (χ0n) is 7.26. The molecule has 1 unspecified atom stereocenters. The molecule has 0 aliphatic rings. The van der Waals surface area contributed by atoms with Crippen LogP contribution in [0, 0.1) is 0 Å². The first-order valence-corrected chi connectivity index (χ1v) is 3.70. The maximum absolute atomic E-state index is 12.4. The average molecular weight is 237 g/mol. The number of halogens is 4. The molecule has 0 amide bonds. The fourth-order valence-electron chi connectivity index (χ4n) is 0.828. The van der Waals surface area contributed by atoms with E-state index in [0.29, 0.717) is 14.2 Å². The van der Waals surface area contributed by atoms with Gasteiger partial charge in [0.05, 0.1) is 0 Å². The van der Waals surface area contributed by atoms with Gasteiger partial charge >= 0.3 is 12.1 Å². The summed E-state index contributed by atoms with van der Waals surface area (Å²) in [6.07, 6.45) is -5.04. The SMILES string of the molecule is COC(OC)(C(Cl)C(=O)O)C(F)(F)F. The summed E-state index contributed by atoms with van der Waals surface area (Å²) in [7, 11) is 1.32. The maximum Gasteiger partial charge on any atom is 0.445 e. The highest BCUT2D eigenvalue weighted by atomic mass is 35.5. The van der Waals surface area contributed by atoms with Crippen molar-refractivity contribution < 1.29 is 32.5 Å². The summed E-state index contributed by atoms with van der Waals surface area (Å²) in [6, 6.07) is 0. The Labute approximate surface area is 82.5 Å². The molecule has 84 valence electrons. The van der Waals surface area contributed by atoms with Gasteiger partial charge < -0.3 is 14.6 Å². The zero-order chi connectivity index (χ0) is 11.6. The van der Waals surface area contributed by atoms with E-state index >= 15 is 0 Å². The molecule has 0 bridgehead atoms. The van der Waals surface area contributed by atoms with E-state index in [9.17, 15) is 18.0 Å². The zero-order valence-corrected chi connectivity index (χ0v) is 8.02. The third-order valence-electron chi connectivity index (χ3n) is 1.55. The van der Waals surface area contributed by atoms with Gasteiger partial charge in [0.1, 0.15) is 0 Å². The molecule has 0 aromatic rings. The summed E-state index contributed by atoms with van der Waals surface area (Å²) in [5, 5.41) is 5.97. The highest BCUT2D eigenvalue weighted by molar-refractivity contribution is 6.30. The molecule has 4 nitrogen and oxygen atoms in total. The second-order valence-electron chi connectivity index (χ2n) is 2.27. The van der Waals surface area contributed by atoms with E-state index in [1.165, 1.54) is 0 Å². The van der Waals surface area contributed by atoms with Crippen molar-refractivity contribution in [2.45, 2.75) is 17.3 Å². The van der Waals surface area contributed by atoms with E-state index in [0.717, 1.165) is 0 Å². The first-order chi connectivity index (χ1) is 6.23. The molecule has 0 aliphatic carbocycles. The molecule has 0 aromatic carbocycles. The minimum atomic E-state index is -5.04. The Morgan fingerprint density at radius 3 is 1.79 bits per heavy atom. The number of methoxy groups -OCH3 is 2. The predicted octanol–water partition coefficient (Wildman–Crippen LogP) is 1.23. The lowest BCUT2D eigenvalue weighted by molar-refractivity contribution is -0.364. The van der Waals surface area contributed by atoms with Crippen molar-refractivity contribution in [3.05, 3.63) is 0 Å². The molecule has 0 radical (unpaired) electrons. The van der Waals surface area contributed by atoms with Crippen LogP contribution >= 0.6 is 11.6 Å². The lowest BCUT2D eigenvalue weighted by Crippen LogP contribution is -2.58. The van der Waals surface area contributed by atoms with Crippen molar-refractivity contribution >= 4 is 17.6 Å². The maximum atomic E-state index is 12.4. The molecule has 0 saturated heterocycles. The van der Waals surface area contributed by atoms with Crippen LogP contribution in [-0.2, 0) is 14.3 Å². The first kappa shape index (κ1) is 13.5. The van der Waals surface area contributed by atoms with Crippen molar-refractivity contribution in [1.82, 2.24) is 0 Å². The summed E-state index contributed by atoms with van der Waals surface area (Å²) in [5.74, 6) is -5.21. The largest absolute Gasteiger partial charge is 0.480 e. The van der Waals surface area contributed by atoms with Gasteiger partial charge in [-0.1, -0.05) is 0 Å². The lowest BCUT2D eigenvalue weighted by Gasteiger charge is -2.34. The molecule has 0 fully saturated rings. The van der Waals surface area contributed by atoms with E-state index < -0.39 is 23.3 Å². The number of carboxylic acids is 1. The second-order valence-corrected chi connectivity index (χ2v) is 2.71. The smallest absolute Gasteiger partial charge is 0.445 e. The third kappa shape index (κ3) is 2.10. The molecule has 14 heavy (non-hydrogen) atoms. The van der Waals surface area contributed by atoms with Crippen LogP contribution in [-0.4, -0.2) is 42.6 Å². The molecular weight excluding hydrogens is 229 g/mol. The molecule has 0 aliphatic heterocycles. The molecule has 1 N–H and O–H groups in total. The Morgan fingerprint density at radius 2 is 1.71 bits per heavy atom. The van der Waals surface area contributed by atoms with Gasteiger partial charge in [-0.3, -0.25) is 4.79 Å². The molecule has 0 aromatic heterocycles. The van der Waals surface area contributed by atoms with Crippen LogP contribution in [0.3, 0.4) is 0 Å². The van der Waals surface area contributed by atoms with Crippen molar-refractivity contribution in [2.75, 3.05) is 14.2 Å². The van der Waals surface area contributed by atoms with Crippen molar-refractivity contribution in [2.24, 2.45) is 0 Å². The highest BCUT2D eigenvalue weighted by Crippen LogP contribution is 2.39. The van der Waals surface area contributed by atoms with Crippen LogP contribution in [0.2, 0.25) is 0 Å². The summed E-state index contributed by atoms with van der Waals surface area (Å²) in [5.41, 5.74) is 0. The predicted molar refractivity (Wildman–Crippen MR) is 40.1 cm³/mol. The van der Waals surface area contributed by atoms with Gasteiger partial charge in [0, 0.05) is 14.2 Å². The van der Waals surface area contributed by atoms with E-state index in [-0.39, 0.29) is 0 Å². The van der Waals surface area contributed by atoms with Gasteiger partial charge in [-0.05, 0) is 0 Å². The van der Waals surface area contributed by atoms with Crippen LogP contribution in [0.4, 0.5) is 13.2 Å². The van der Waals surface area contributed by atoms with Gasteiger partial charge in [-0.25, -0.2) is 0 Å². The second kappa shape index (κ2) is 4.33. The minimum absolute atomic E-state index is 0.662. The Morgan fingerprint density at radius 1 is 1.36 bits per heavy atom. The Kier molecular flexibility index (Phi) is 4.16. The van der Waals surface area contributed by atoms with Gasteiger partial charge in [-0.2, -0.15) is 13.2 Å².